The molecule has 3 saturated carbocycles. The summed E-state index contributed by atoms with van der Waals surface area (Å²) >= 11 is 0. The molecule has 0 saturated heterocycles. The van der Waals surface area contributed by atoms with Crippen molar-refractivity contribution in [1.82, 2.24) is 10.6 Å². The van der Waals surface area contributed by atoms with Gasteiger partial charge in [0, 0.05) is 12.8 Å². The van der Waals surface area contributed by atoms with Crippen molar-refractivity contribution in [2.75, 3.05) is 0 Å². The van der Waals surface area contributed by atoms with Crippen LogP contribution in [-0.2, 0) is 43.0 Å². The Labute approximate surface area is 314 Å². The van der Waals surface area contributed by atoms with Crippen LogP contribution in [0.15, 0.2) is 36.5 Å². The van der Waals surface area contributed by atoms with Gasteiger partial charge in [-0.25, -0.2) is 4.79 Å². The molecule has 6 unspecified atom stereocenters. The van der Waals surface area contributed by atoms with Crippen molar-refractivity contribution in [2.24, 2.45) is 5.73 Å². The van der Waals surface area contributed by atoms with Gasteiger partial charge in [0.2, 0.25) is 0 Å². The fraction of sp³-hybridized carbons (Fsp3) is 0.622. The average Bonchev–Trinajstić information content (AvgIpc) is 3.09. The topological polar surface area (TPSA) is 200 Å². The number of hydrogen-bond donors (Lipinski definition) is 4. The van der Waals surface area contributed by atoms with Crippen LogP contribution in [0.25, 0.3) is 0 Å². The molecule has 0 bridgehead atoms. The monoisotopic (exact) mass is 733 g/mol. The van der Waals surface area contributed by atoms with E-state index in [0.717, 1.165) is 34.1 Å². The number of carboxylic acid groups (broad SMARTS) is 1. The third-order valence-corrected chi connectivity index (χ3v) is 10.2. The Morgan fingerprint density at radius 3 is 1.68 bits per heavy atom. The summed E-state index contributed by atoms with van der Waals surface area (Å²) < 4.78 is 17.0. The van der Waals surface area contributed by atoms with Gasteiger partial charge in [-0.05, 0) is 25.1 Å². The normalized spacial score (nSPS) is 23.6. The second kappa shape index (κ2) is 21.0. The van der Waals surface area contributed by atoms with Crippen molar-refractivity contribution in [3.8, 4) is 0 Å². The number of esters is 3. The molecule has 286 valence electrons. The number of carboxylic acids is 1. The molecule has 3 aliphatic rings. The number of hydrogen-bond acceptors (Lipinski definition) is 10. The summed E-state index contributed by atoms with van der Waals surface area (Å²) in [6.07, 6.45) is 3.22. The van der Waals surface area contributed by atoms with Crippen LogP contribution in [-0.4, -0.2) is 111 Å². The van der Waals surface area contributed by atoms with Gasteiger partial charge in [0.1, 0.15) is 14.0 Å². The van der Waals surface area contributed by atoms with Gasteiger partial charge in [-0.2, -0.15) is 0 Å². The Balaban J connectivity index is 1.61. The van der Waals surface area contributed by atoms with Gasteiger partial charge in [0.05, 0.1) is 0 Å². The van der Waals surface area contributed by atoms with Gasteiger partial charge in [-0.15, -0.1) is 6.58 Å². The van der Waals surface area contributed by atoms with E-state index in [4.69, 9.17) is 25.1 Å². The first-order valence-electron chi connectivity index (χ1n) is 18.6. The van der Waals surface area contributed by atoms with Crippen LogP contribution in [0.1, 0.15) is 103 Å². The summed E-state index contributed by atoms with van der Waals surface area (Å²) in [7, 11) is 9.96. The molecule has 3 rings (SSSR count). The molecule has 2 amide bonds. The molecule has 3 fully saturated rings. The number of rotatable bonds is 18. The van der Waals surface area contributed by atoms with Crippen molar-refractivity contribution in [3.05, 3.63) is 36.5 Å². The fourth-order valence-electron chi connectivity index (χ4n) is 6.52. The third kappa shape index (κ3) is 14.7. The van der Waals surface area contributed by atoms with Crippen molar-refractivity contribution < 1.29 is 48.1 Å². The van der Waals surface area contributed by atoms with Crippen LogP contribution in [0.3, 0.4) is 0 Å². The Morgan fingerprint density at radius 1 is 0.717 bits per heavy atom. The van der Waals surface area contributed by atoms with E-state index in [1.165, 1.54) is 0 Å². The quantitative estimate of drug-likeness (QED) is 0.0667. The first kappa shape index (κ1) is 43.3. The predicted octanol–water partition coefficient (Wildman–Crippen LogP) is 0.622. The van der Waals surface area contributed by atoms with Gasteiger partial charge >= 0.3 is 225 Å². The number of aliphatic carboxylic acids is 1. The Kier molecular flexibility index (Phi) is 17.2. The van der Waals surface area contributed by atoms with Crippen LogP contribution in [0.4, 0.5) is 0 Å². The molecular weight excluding hydrogens is 679 g/mol. The number of carbonyl (C=O) groups excluding carboxylic acids is 5. The van der Waals surface area contributed by atoms with E-state index in [1.807, 2.05) is 0 Å². The summed E-state index contributed by atoms with van der Waals surface area (Å²) in [6.45, 7) is 12.0. The van der Waals surface area contributed by atoms with E-state index in [-0.39, 0.29) is 51.0 Å². The van der Waals surface area contributed by atoms with Gasteiger partial charge in [-0.3, -0.25) is 4.79 Å². The molecule has 3 aliphatic carbocycles. The molecule has 5 N–H and O–H groups in total. The third-order valence-electron chi connectivity index (χ3n) is 10.2. The standard InChI is InChI=1S/C37H54B3N3O10/c1-20-17-23(7-10-26(20)38)51-35(48)29(41)13-15-32(44)43-31(37(50)53-25-9-12-28(40)22(3)19-25)14-16-33(45)42-30(5-4-6-34(46)47)36(49)52-24-8-11-27(39)21(2)18-24/h23-25,27,29-31,38,40H,1-19,39,41H2,(H,42,45)(H,43,44)(H,46,47)/t23?,24?,25?,27-,29?,30?,31?/m0/s1. The van der Waals surface area contributed by atoms with Crippen LogP contribution >= 0.6 is 0 Å². The van der Waals surface area contributed by atoms with Crippen molar-refractivity contribution in [1.29, 1.82) is 0 Å². The minimum atomic E-state index is -1.23. The van der Waals surface area contributed by atoms with E-state index >= 15 is 0 Å². The minimum absolute atomic E-state index is 0.0352. The average molecular weight is 733 g/mol. The predicted molar refractivity (Wildman–Crippen MR) is 207 cm³/mol. The van der Waals surface area contributed by atoms with Crippen LogP contribution in [0, 0.1) is 0 Å². The molecule has 0 heterocycles. The number of nitrogens with two attached hydrogens (primary N) is 1. The maximum atomic E-state index is 13.4. The van der Waals surface area contributed by atoms with E-state index < -0.39 is 66.0 Å². The zero-order valence-electron chi connectivity index (χ0n) is 31.1. The van der Waals surface area contributed by atoms with E-state index in [2.05, 4.69) is 53.2 Å². The number of nitrogens with one attached hydrogen (secondary N) is 2. The summed E-state index contributed by atoms with van der Waals surface area (Å²) in [5, 5.41) is 14.4. The van der Waals surface area contributed by atoms with Crippen molar-refractivity contribution in [2.45, 2.75) is 145 Å². The Morgan fingerprint density at radius 2 is 1.19 bits per heavy atom. The molecule has 0 aliphatic heterocycles. The molecule has 0 spiro atoms. The maximum absolute atomic E-state index is 13.4. The molecule has 53 heavy (non-hydrogen) atoms. The zero-order chi connectivity index (χ0) is 39.2. The molecule has 0 aromatic carbocycles. The molecular formula is C37H54B3N3O10. The van der Waals surface area contributed by atoms with E-state index in [9.17, 15) is 28.8 Å². The van der Waals surface area contributed by atoms with E-state index in [0.29, 0.717) is 57.2 Å². The van der Waals surface area contributed by atoms with Gasteiger partial charge in [-0.1, -0.05) is 12.0 Å². The van der Waals surface area contributed by atoms with Gasteiger partial charge in [0.25, 0.3) is 0 Å². The number of ether oxygens (including phenoxy) is 3. The molecule has 0 aromatic heterocycles. The van der Waals surface area contributed by atoms with Gasteiger partial charge < -0.3 is 9.84 Å². The second-order valence-corrected chi connectivity index (χ2v) is 14.6. The van der Waals surface area contributed by atoms with Gasteiger partial charge in [0.15, 0.2) is 0 Å². The molecule has 0 radical (unpaired) electrons. The number of carbonyl (C=O) groups is 6. The summed E-state index contributed by atoms with van der Waals surface area (Å²) in [4.78, 5) is 76.6. The first-order chi connectivity index (χ1) is 25.0. The Bertz CT molecular complexity index is 1480. The number of amides is 2. The molecule has 0 aromatic rings. The molecule has 16 heteroatoms. The zero-order valence-corrected chi connectivity index (χ0v) is 31.1. The van der Waals surface area contributed by atoms with Crippen LogP contribution in [0.2, 0.25) is 5.82 Å². The summed E-state index contributed by atoms with van der Waals surface area (Å²) in [6, 6.07) is -3.42. The first-order valence-corrected chi connectivity index (χ1v) is 18.6. The van der Waals surface area contributed by atoms with Crippen molar-refractivity contribution in [3.63, 3.8) is 0 Å². The van der Waals surface area contributed by atoms with Crippen LogP contribution < -0.4 is 16.4 Å². The molecule has 7 atom stereocenters. The molecule has 13 nitrogen and oxygen atoms in total. The SMILES string of the molecule is B=C1CCC(OC(=O)C(N)CCC(=O)NC(CCC(=O)NC(CCCC(=O)O)C(=O)OC2CC[C@H](B)C(=C)C2)C(=O)OC2CCC(=B)C(=C)C2)CC1=C. The summed E-state index contributed by atoms with van der Waals surface area (Å²) in [5.74, 6) is -3.97. The van der Waals surface area contributed by atoms with E-state index in [1.54, 1.807) is 0 Å². The summed E-state index contributed by atoms with van der Waals surface area (Å²) in [5.41, 5.74) is 10.4. The second-order valence-electron chi connectivity index (χ2n) is 14.6. The van der Waals surface area contributed by atoms with Crippen LogP contribution in [0.5, 0.6) is 0 Å². The van der Waals surface area contributed by atoms with Crippen molar-refractivity contribution >= 4 is 69.4 Å². The Hall–Kier alpha value is -4.07. The fourth-order valence-corrected chi connectivity index (χ4v) is 6.52.